The normalized spacial score (nSPS) is 18.3. The van der Waals surface area contributed by atoms with Crippen LogP contribution in [0.5, 0.6) is 0 Å². The number of hydrogen-bond acceptors (Lipinski definition) is 4. The number of aryl methyl sites for hydroxylation is 1. The van der Waals surface area contributed by atoms with E-state index in [2.05, 4.69) is 22.5 Å². The maximum Gasteiger partial charge on any atom is 0.319 e. The van der Waals surface area contributed by atoms with Crippen LogP contribution in [-0.2, 0) is 4.74 Å². The van der Waals surface area contributed by atoms with Crippen molar-refractivity contribution in [2.24, 2.45) is 0 Å². The Labute approximate surface area is 141 Å². The molecule has 1 saturated heterocycles. The zero-order valence-corrected chi connectivity index (χ0v) is 14.0. The molecule has 2 heterocycles. The molecule has 1 fully saturated rings. The van der Waals surface area contributed by atoms with Gasteiger partial charge in [-0.15, -0.1) is 0 Å². The van der Waals surface area contributed by atoms with Crippen molar-refractivity contribution in [3.63, 3.8) is 0 Å². The molecule has 1 aliphatic rings. The van der Waals surface area contributed by atoms with Gasteiger partial charge in [-0.2, -0.15) is 0 Å². The smallest absolute Gasteiger partial charge is 0.319 e. The van der Waals surface area contributed by atoms with E-state index in [1.54, 1.807) is 6.20 Å². The van der Waals surface area contributed by atoms with Crippen molar-refractivity contribution in [2.75, 3.05) is 11.9 Å². The molecule has 3 rings (SSSR count). The van der Waals surface area contributed by atoms with Crippen LogP contribution < -0.4 is 10.6 Å². The summed E-state index contributed by atoms with van der Waals surface area (Å²) in [6, 6.07) is 5.48. The summed E-state index contributed by atoms with van der Waals surface area (Å²) < 4.78 is 11.0. The molecule has 2 N–H and O–H groups in total. The number of nitrogens with zero attached hydrogens (tertiary/aromatic N) is 1. The molecule has 0 unspecified atom stereocenters. The van der Waals surface area contributed by atoms with Crippen LogP contribution in [0, 0.1) is 6.92 Å². The lowest BCUT2D eigenvalue weighted by Crippen LogP contribution is -2.44. The summed E-state index contributed by atoms with van der Waals surface area (Å²) in [5.74, 6) is 0.544. The summed E-state index contributed by atoms with van der Waals surface area (Å²) in [5.41, 5.74) is 2.60. The average molecular weight is 329 g/mol. The highest BCUT2D eigenvalue weighted by molar-refractivity contribution is 5.90. The number of carbonyl (C=O) groups is 1. The summed E-state index contributed by atoms with van der Waals surface area (Å²) >= 11 is 0. The average Bonchev–Trinajstić information content (AvgIpc) is 3.28. The van der Waals surface area contributed by atoms with Crippen molar-refractivity contribution in [3.05, 3.63) is 36.2 Å². The van der Waals surface area contributed by atoms with Gasteiger partial charge in [0.2, 0.25) is 5.89 Å². The number of oxazole rings is 1. The van der Waals surface area contributed by atoms with Gasteiger partial charge < -0.3 is 19.8 Å². The van der Waals surface area contributed by atoms with Crippen molar-refractivity contribution >= 4 is 11.7 Å². The molecule has 0 saturated carbocycles. The van der Waals surface area contributed by atoms with Gasteiger partial charge in [0.25, 0.3) is 0 Å². The van der Waals surface area contributed by atoms with E-state index in [1.807, 2.05) is 25.1 Å². The van der Waals surface area contributed by atoms with Gasteiger partial charge in [0.15, 0.2) is 0 Å². The number of benzene rings is 1. The molecule has 0 radical (unpaired) electrons. The van der Waals surface area contributed by atoms with Crippen LogP contribution in [0.25, 0.3) is 11.5 Å². The molecule has 1 aliphatic heterocycles. The maximum absolute atomic E-state index is 12.3. The van der Waals surface area contributed by atoms with Crippen molar-refractivity contribution in [2.45, 2.75) is 45.3 Å². The quantitative estimate of drug-likeness (QED) is 0.876. The number of rotatable bonds is 5. The highest BCUT2D eigenvalue weighted by Crippen LogP contribution is 2.25. The molecule has 0 spiro atoms. The lowest BCUT2D eigenvalue weighted by atomic mass is 10.1. The first kappa shape index (κ1) is 16.5. The standard InChI is InChI=1S/C18H23N3O3/c1-3-15(16-5-4-9-23-16)21-18(22)20-13-7-6-12(2)14(11-13)17-19-8-10-24-17/h6-8,10-11,15-16H,3-5,9H2,1-2H3,(H2,20,21,22)/t15-,16-/m0/s1. The van der Waals surface area contributed by atoms with Gasteiger partial charge in [-0.1, -0.05) is 13.0 Å². The maximum atomic E-state index is 12.3. The minimum absolute atomic E-state index is 0.0316. The van der Waals surface area contributed by atoms with Crippen LogP contribution in [0.4, 0.5) is 10.5 Å². The van der Waals surface area contributed by atoms with E-state index in [4.69, 9.17) is 9.15 Å². The number of aromatic nitrogens is 1. The van der Waals surface area contributed by atoms with E-state index in [0.29, 0.717) is 11.6 Å². The summed E-state index contributed by atoms with van der Waals surface area (Å²) in [4.78, 5) is 16.5. The number of nitrogens with one attached hydrogen (secondary N) is 2. The number of carbonyl (C=O) groups excluding carboxylic acids is 1. The Morgan fingerprint density at radius 3 is 3.00 bits per heavy atom. The van der Waals surface area contributed by atoms with Crippen molar-refractivity contribution in [1.82, 2.24) is 10.3 Å². The Hall–Kier alpha value is -2.34. The molecule has 6 nitrogen and oxygen atoms in total. The Morgan fingerprint density at radius 2 is 2.33 bits per heavy atom. The number of anilines is 1. The Bertz CT molecular complexity index is 679. The number of hydrogen-bond donors (Lipinski definition) is 2. The molecule has 2 aromatic rings. The number of urea groups is 1. The van der Waals surface area contributed by atoms with Crippen molar-refractivity contribution in [3.8, 4) is 11.5 Å². The highest BCUT2D eigenvalue weighted by atomic mass is 16.5. The van der Waals surface area contributed by atoms with Crippen LogP contribution in [0.1, 0.15) is 31.7 Å². The van der Waals surface area contributed by atoms with Gasteiger partial charge in [0.05, 0.1) is 18.3 Å². The van der Waals surface area contributed by atoms with E-state index in [9.17, 15) is 4.79 Å². The third-order valence-corrected chi connectivity index (χ3v) is 4.33. The first-order chi connectivity index (χ1) is 11.7. The van der Waals surface area contributed by atoms with E-state index in [1.165, 1.54) is 6.26 Å². The van der Waals surface area contributed by atoms with E-state index >= 15 is 0 Å². The fraction of sp³-hybridized carbons (Fsp3) is 0.444. The molecule has 1 aromatic heterocycles. The van der Waals surface area contributed by atoms with Crippen molar-refractivity contribution < 1.29 is 13.9 Å². The van der Waals surface area contributed by atoms with E-state index in [-0.39, 0.29) is 18.2 Å². The molecule has 24 heavy (non-hydrogen) atoms. The molecular weight excluding hydrogens is 306 g/mol. The Kier molecular flexibility index (Phi) is 5.15. The molecule has 2 atom stereocenters. The van der Waals surface area contributed by atoms with E-state index in [0.717, 1.165) is 37.0 Å². The largest absolute Gasteiger partial charge is 0.445 e. The molecule has 0 aliphatic carbocycles. The van der Waals surface area contributed by atoms with Gasteiger partial charge in [-0.3, -0.25) is 0 Å². The lowest BCUT2D eigenvalue weighted by molar-refractivity contribution is 0.0804. The Balaban J connectivity index is 1.67. The summed E-state index contributed by atoms with van der Waals surface area (Å²) in [5, 5.41) is 5.90. The van der Waals surface area contributed by atoms with Gasteiger partial charge in [-0.05, 0) is 43.9 Å². The number of ether oxygens (including phenoxy) is 1. The summed E-state index contributed by atoms with van der Waals surface area (Å²) in [6.07, 6.45) is 6.15. The Morgan fingerprint density at radius 1 is 1.46 bits per heavy atom. The summed E-state index contributed by atoms with van der Waals surface area (Å²) in [7, 11) is 0. The monoisotopic (exact) mass is 329 g/mol. The predicted molar refractivity (Wildman–Crippen MR) is 91.9 cm³/mol. The second-order valence-corrected chi connectivity index (χ2v) is 6.03. The first-order valence-corrected chi connectivity index (χ1v) is 8.37. The van der Waals surface area contributed by atoms with Gasteiger partial charge in [0, 0.05) is 17.9 Å². The fourth-order valence-electron chi connectivity index (χ4n) is 3.00. The van der Waals surface area contributed by atoms with Gasteiger partial charge >= 0.3 is 6.03 Å². The molecule has 0 bridgehead atoms. The zero-order chi connectivity index (χ0) is 16.9. The first-order valence-electron chi connectivity index (χ1n) is 8.37. The van der Waals surface area contributed by atoms with Gasteiger partial charge in [-0.25, -0.2) is 9.78 Å². The molecule has 1 aromatic carbocycles. The minimum Gasteiger partial charge on any atom is -0.445 e. The number of amides is 2. The SMILES string of the molecule is CC[C@H](NC(=O)Nc1ccc(C)c(-c2ncco2)c1)[C@@H]1CCCO1. The van der Waals surface area contributed by atoms with Crippen LogP contribution in [0.15, 0.2) is 35.1 Å². The van der Waals surface area contributed by atoms with Crippen LogP contribution in [0.2, 0.25) is 0 Å². The predicted octanol–water partition coefficient (Wildman–Crippen LogP) is 3.73. The summed E-state index contributed by atoms with van der Waals surface area (Å²) in [6.45, 7) is 4.81. The topological polar surface area (TPSA) is 76.4 Å². The second kappa shape index (κ2) is 7.49. The van der Waals surface area contributed by atoms with Crippen LogP contribution in [-0.4, -0.2) is 29.8 Å². The van der Waals surface area contributed by atoms with E-state index < -0.39 is 0 Å². The van der Waals surface area contributed by atoms with Crippen LogP contribution >= 0.6 is 0 Å². The fourth-order valence-corrected chi connectivity index (χ4v) is 3.00. The zero-order valence-electron chi connectivity index (χ0n) is 14.0. The molecular formula is C18H23N3O3. The second-order valence-electron chi connectivity index (χ2n) is 6.03. The van der Waals surface area contributed by atoms with Crippen LogP contribution in [0.3, 0.4) is 0 Å². The third kappa shape index (κ3) is 3.76. The molecule has 6 heteroatoms. The molecule has 128 valence electrons. The third-order valence-electron chi connectivity index (χ3n) is 4.33. The highest BCUT2D eigenvalue weighted by Gasteiger charge is 2.25. The lowest BCUT2D eigenvalue weighted by Gasteiger charge is -2.23. The van der Waals surface area contributed by atoms with Crippen molar-refractivity contribution in [1.29, 1.82) is 0 Å². The van der Waals surface area contributed by atoms with Gasteiger partial charge in [0.1, 0.15) is 6.26 Å². The minimum atomic E-state index is -0.223. The molecule has 2 amide bonds.